The molecule has 90 valence electrons. The summed E-state index contributed by atoms with van der Waals surface area (Å²) < 4.78 is 1.93. The van der Waals surface area contributed by atoms with Crippen LogP contribution in [0.15, 0.2) is 42.6 Å². The maximum Gasteiger partial charge on any atom is 0.139 e. The van der Waals surface area contributed by atoms with Gasteiger partial charge in [-0.15, -0.1) is 0 Å². The van der Waals surface area contributed by atoms with Crippen molar-refractivity contribution >= 4 is 11.5 Å². The lowest BCUT2D eigenvalue weighted by atomic mass is 10.1. The van der Waals surface area contributed by atoms with Gasteiger partial charge in [-0.05, 0) is 37.1 Å². The summed E-state index contributed by atoms with van der Waals surface area (Å²) in [6, 6.07) is 12.2. The summed E-state index contributed by atoms with van der Waals surface area (Å²) in [5.74, 6) is 0.694. The molecule has 0 saturated heterocycles. The van der Waals surface area contributed by atoms with Crippen molar-refractivity contribution in [2.24, 2.45) is 0 Å². The molecule has 2 aromatic heterocycles. The summed E-state index contributed by atoms with van der Waals surface area (Å²) in [5.41, 5.74) is 11.4. The molecule has 2 heterocycles. The molecule has 0 atom stereocenters. The third-order valence-corrected chi connectivity index (χ3v) is 3.22. The topological polar surface area (TPSA) is 43.3 Å². The average molecular weight is 237 g/mol. The van der Waals surface area contributed by atoms with Crippen LogP contribution >= 0.6 is 0 Å². The monoisotopic (exact) mass is 237 g/mol. The van der Waals surface area contributed by atoms with Crippen molar-refractivity contribution in [3.63, 3.8) is 0 Å². The van der Waals surface area contributed by atoms with E-state index >= 15 is 0 Å². The van der Waals surface area contributed by atoms with Crippen molar-refractivity contribution in [3.05, 3.63) is 53.7 Å². The van der Waals surface area contributed by atoms with E-state index < -0.39 is 0 Å². The van der Waals surface area contributed by atoms with E-state index in [2.05, 4.69) is 31.0 Å². The fourth-order valence-corrected chi connectivity index (χ4v) is 2.20. The molecule has 0 aliphatic heterocycles. The van der Waals surface area contributed by atoms with Gasteiger partial charge in [0.05, 0.1) is 0 Å². The Kier molecular flexibility index (Phi) is 2.33. The Labute approximate surface area is 106 Å². The highest BCUT2D eigenvalue weighted by Gasteiger charge is 2.12. The van der Waals surface area contributed by atoms with E-state index in [-0.39, 0.29) is 0 Å². The van der Waals surface area contributed by atoms with Crippen LogP contribution in [0, 0.1) is 13.8 Å². The second-order valence-corrected chi connectivity index (χ2v) is 4.59. The molecule has 0 bridgehead atoms. The maximum absolute atomic E-state index is 6.19. The molecular weight excluding hydrogens is 222 g/mol. The zero-order chi connectivity index (χ0) is 12.7. The molecule has 0 saturated carbocycles. The number of pyridine rings is 1. The van der Waals surface area contributed by atoms with Crippen LogP contribution in [0.1, 0.15) is 11.1 Å². The van der Waals surface area contributed by atoms with E-state index in [0.29, 0.717) is 5.82 Å². The molecule has 3 nitrogen and oxygen atoms in total. The van der Waals surface area contributed by atoms with E-state index in [1.807, 2.05) is 34.9 Å². The Hall–Kier alpha value is -2.29. The van der Waals surface area contributed by atoms with Gasteiger partial charge in [-0.25, -0.2) is 4.98 Å². The summed E-state index contributed by atoms with van der Waals surface area (Å²) in [4.78, 5) is 4.64. The van der Waals surface area contributed by atoms with Gasteiger partial charge in [0.2, 0.25) is 0 Å². The Bertz CT molecular complexity index is 726. The SMILES string of the molecule is Cc1ccn2c(N)c(-c3ccccc3C)nc2c1. The van der Waals surface area contributed by atoms with Crippen molar-refractivity contribution in [2.45, 2.75) is 13.8 Å². The van der Waals surface area contributed by atoms with Gasteiger partial charge >= 0.3 is 0 Å². The zero-order valence-electron chi connectivity index (χ0n) is 10.5. The summed E-state index contributed by atoms with van der Waals surface area (Å²) in [7, 11) is 0. The number of imidazole rings is 1. The second kappa shape index (κ2) is 3.88. The number of nitrogen functional groups attached to an aromatic ring is 1. The minimum atomic E-state index is 0.694. The molecule has 0 aliphatic rings. The zero-order valence-corrected chi connectivity index (χ0v) is 10.5. The van der Waals surface area contributed by atoms with Gasteiger partial charge in [-0.2, -0.15) is 0 Å². The smallest absolute Gasteiger partial charge is 0.139 e. The fourth-order valence-electron chi connectivity index (χ4n) is 2.20. The molecule has 2 N–H and O–H groups in total. The van der Waals surface area contributed by atoms with Crippen molar-refractivity contribution in [3.8, 4) is 11.3 Å². The lowest BCUT2D eigenvalue weighted by molar-refractivity contribution is 1.18. The Morgan fingerprint density at radius 3 is 2.67 bits per heavy atom. The van der Waals surface area contributed by atoms with E-state index in [0.717, 1.165) is 16.9 Å². The number of nitrogens with two attached hydrogens (primary N) is 1. The Balaban J connectivity index is 2.31. The van der Waals surface area contributed by atoms with Crippen LogP contribution in [0.2, 0.25) is 0 Å². The van der Waals surface area contributed by atoms with Gasteiger partial charge in [0, 0.05) is 11.8 Å². The number of rotatable bonds is 1. The standard InChI is InChI=1S/C15H15N3/c1-10-7-8-18-13(9-10)17-14(15(18)16)12-6-4-3-5-11(12)2/h3-9H,16H2,1-2H3. The molecule has 3 rings (SSSR count). The van der Waals surface area contributed by atoms with Gasteiger partial charge in [0.1, 0.15) is 17.2 Å². The van der Waals surface area contributed by atoms with Gasteiger partial charge in [-0.1, -0.05) is 24.3 Å². The number of aryl methyl sites for hydroxylation is 2. The maximum atomic E-state index is 6.19. The molecule has 3 aromatic rings. The quantitative estimate of drug-likeness (QED) is 0.706. The number of hydrogen-bond acceptors (Lipinski definition) is 2. The number of anilines is 1. The number of fused-ring (bicyclic) bond motifs is 1. The minimum absolute atomic E-state index is 0.694. The predicted molar refractivity (Wildman–Crippen MR) is 74.5 cm³/mol. The Morgan fingerprint density at radius 2 is 1.89 bits per heavy atom. The highest BCUT2D eigenvalue weighted by Crippen LogP contribution is 2.28. The van der Waals surface area contributed by atoms with Gasteiger partial charge in [0.15, 0.2) is 0 Å². The first kappa shape index (κ1) is 10.8. The molecule has 0 radical (unpaired) electrons. The average Bonchev–Trinajstić information content (AvgIpc) is 2.67. The molecular formula is C15H15N3. The van der Waals surface area contributed by atoms with Crippen LogP contribution < -0.4 is 5.73 Å². The number of hydrogen-bond donors (Lipinski definition) is 1. The van der Waals surface area contributed by atoms with Gasteiger partial charge < -0.3 is 5.73 Å². The predicted octanol–water partition coefficient (Wildman–Crippen LogP) is 3.20. The van der Waals surface area contributed by atoms with Crippen molar-refractivity contribution in [1.29, 1.82) is 0 Å². The van der Waals surface area contributed by atoms with Gasteiger partial charge in [0.25, 0.3) is 0 Å². The Morgan fingerprint density at radius 1 is 1.11 bits per heavy atom. The van der Waals surface area contributed by atoms with Gasteiger partial charge in [-0.3, -0.25) is 4.40 Å². The largest absolute Gasteiger partial charge is 0.383 e. The molecule has 0 aliphatic carbocycles. The number of benzene rings is 1. The molecule has 0 unspecified atom stereocenters. The summed E-state index contributed by atoms with van der Waals surface area (Å²) in [6.45, 7) is 4.13. The molecule has 0 fully saturated rings. The van der Waals surface area contributed by atoms with E-state index in [1.54, 1.807) is 0 Å². The second-order valence-electron chi connectivity index (χ2n) is 4.59. The number of nitrogens with zero attached hydrogens (tertiary/aromatic N) is 2. The van der Waals surface area contributed by atoms with Crippen LogP contribution in [0.3, 0.4) is 0 Å². The molecule has 0 spiro atoms. The van der Waals surface area contributed by atoms with Crippen LogP contribution in [-0.2, 0) is 0 Å². The van der Waals surface area contributed by atoms with Crippen molar-refractivity contribution in [2.75, 3.05) is 5.73 Å². The molecule has 0 amide bonds. The number of aromatic nitrogens is 2. The van der Waals surface area contributed by atoms with Crippen molar-refractivity contribution < 1.29 is 0 Å². The first-order valence-electron chi connectivity index (χ1n) is 5.97. The van der Waals surface area contributed by atoms with Crippen LogP contribution in [0.4, 0.5) is 5.82 Å². The highest BCUT2D eigenvalue weighted by molar-refractivity contribution is 5.77. The lowest BCUT2D eigenvalue weighted by Crippen LogP contribution is -1.94. The first-order chi connectivity index (χ1) is 8.66. The third kappa shape index (κ3) is 1.56. The molecule has 3 heteroatoms. The lowest BCUT2D eigenvalue weighted by Gasteiger charge is -2.02. The van der Waals surface area contributed by atoms with E-state index in [4.69, 9.17) is 5.73 Å². The fraction of sp³-hybridized carbons (Fsp3) is 0.133. The van der Waals surface area contributed by atoms with Crippen LogP contribution in [0.5, 0.6) is 0 Å². The molecule has 18 heavy (non-hydrogen) atoms. The highest BCUT2D eigenvalue weighted by atomic mass is 15.1. The van der Waals surface area contributed by atoms with E-state index in [9.17, 15) is 0 Å². The third-order valence-electron chi connectivity index (χ3n) is 3.22. The summed E-state index contributed by atoms with van der Waals surface area (Å²) in [5, 5.41) is 0. The normalized spacial score (nSPS) is 11.0. The molecule has 1 aromatic carbocycles. The minimum Gasteiger partial charge on any atom is -0.383 e. The van der Waals surface area contributed by atoms with E-state index in [1.165, 1.54) is 11.1 Å². The summed E-state index contributed by atoms with van der Waals surface area (Å²) >= 11 is 0. The van der Waals surface area contributed by atoms with Crippen LogP contribution in [-0.4, -0.2) is 9.38 Å². The first-order valence-corrected chi connectivity index (χ1v) is 5.97. The van der Waals surface area contributed by atoms with Crippen molar-refractivity contribution in [1.82, 2.24) is 9.38 Å². The van der Waals surface area contributed by atoms with Crippen LogP contribution in [0.25, 0.3) is 16.9 Å². The summed E-state index contributed by atoms with van der Waals surface area (Å²) in [6.07, 6.45) is 1.97.